The van der Waals surface area contributed by atoms with Crippen LogP contribution in [-0.4, -0.2) is 23.9 Å². The summed E-state index contributed by atoms with van der Waals surface area (Å²) in [5.41, 5.74) is 0. The molecule has 2 nitrogen and oxygen atoms in total. The molecule has 2 atom stereocenters. The molecule has 0 aliphatic heterocycles. The van der Waals surface area contributed by atoms with Crippen LogP contribution in [0.25, 0.3) is 0 Å². The molecule has 0 radical (unpaired) electrons. The van der Waals surface area contributed by atoms with Gasteiger partial charge in [0.25, 0.3) is 0 Å². The molecule has 0 unspecified atom stereocenters. The molecule has 1 fully saturated rings. The van der Waals surface area contributed by atoms with Crippen molar-refractivity contribution in [3.63, 3.8) is 0 Å². The smallest absolute Gasteiger partial charge is 0.0833 e. The highest BCUT2D eigenvalue weighted by Crippen LogP contribution is 2.20. The summed E-state index contributed by atoms with van der Waals surface area (Å²) in [5, 5.41) is 9.38. The number of ether oxygens (including phenoxy) is 1. The highest BCUT2D eigenvalue weighted by Gasteiger charge is 2.22. The highest BCUT2D eigenvalue weighted by atomic mass is 16.5. The molecule has 0 heterocycles. The maximum atomic E-state index is 9.38. The van der Waals surface area contributed by atoms with Crippen LogP contribution >= 0.6 is 0 Å². The molecular weight excluding hydrogens is 128 g/mol. The van der Waals surface area contributed by atoms with E-state index in [1.807, 2.05) is 6.92 Å². The molecule has 2 heteroatoms. The Kier molecular flexibility index (Phi) is 3.16. The third-order valence-corrected chi connectivity index (χ3v) is 2.05. The molecular formula is C8H16O2. The number of rotatable bonds is 2. The first-order valence-electron chi connectivity index (χ1n) is 4.14. The van der Waals surface area contributed by atoms with E-state index in [9.17, 15) is 5.11 Å². The van der Waals surface area contributed by atoms with Gasteiger partial charge in [0.05, 0.1) is 12.2 Å². The highest BCUT2D eigenvalue weighted by molar-refractivity contribution is 4.74. The van der Waals surface area contributed by atoms with Crippen molar-refractivity contribution in [1.29, 1.82) is 0 Å². The van der Waals surface area contributed by atoms with Crippen molar-refractivity contribution < 1.29 is 9.84 Å². The summed E-state index contributed by atoms with van der Waals surface area (Å²) in [7, 11) is 0. The molecule has 0 aromatic carbocycles. The van der Waals surface area contributed by atoms with Gasteiger partial charge in [0.1, 0.15) is 0 Å². The molecule has 1 rings (SSSR count). The monoisotopic (exact) mass is 144 g/mol. The fraction of sp³-hybridized carbons (Fsp3) is 1.00. The fourth-order valence-corrected chi connectivity index (χ4v) is 1.49. The summed E-state index contributed by atoms with van der Waals surface area (Å²) in [5.74, 6) is 0. The van der Waals surface area contributed by atoms with E-state index in [1.54, 1.807) is 0 Å². The minimum atomic E-state index is -0.200. The van der Waals surface area contributed by atoms with Gasteiger partial charge in [-0.15, -0.1) is 0 Å². The first kappa shape index (κ1) is 8.02. The van der Waals surface area contributed by atoms with Gasteiger partial charge in [-0.3, -0.25) is 0 Å². The minimum Gasteiger partial charge on any atom is -0.390 e. The Morgan fingerprint density at radius 1 is 1.40 bits per heavy atom. The molecule has 60 valence electrons. The summed E-state index contributed by atoms with van der Waals surface area (Å²) in [6.07, 6.45) is 4.25. The zero-order valence-corrected chi connectivity index (χ0v) is 6.55. The van der Waals surface area contributed by atoms with E-state index in [2.05, 4.69) is 0 Å². The molecule has 0 aromatic heterocycles. The Morgan fingerprint density at radius 3 is 2.70 bits per heavy atom. The third-order valence-electron chi connectivity index (χ3n) is 2.05. The van der Waals surface area contributed by atoms with Gasteiger partial charge in [-0.05, 0) is 19.8 Å². The van der Waals surface area contributed by atoms with Gasteiger partial charge in [-0.25, -0.2) is 0 Å². The lowest BCUT2D eigenvalue weighted by molar-refractivity contribution is -0.0542. The molecule has 1 aliphatic rings. The van der Waals surface area contributed by atoms with Crippen LogP contribution in [0.15, 0.2) is 0 Å². The van der Waals surface area contributed by atoms with Gasteiger partial charge in [0.2, 0.25) is 0 Å². The van der Waals surface area contributed by atoms with E-state index in [0.29, 0.717) is 0 Å². The predicted octanol–water partition coefficient (Wildman–Crippen LogP) is 1.33. The lowest BCUT2D eigenvalue weighted by Crippen LogP contribution is -2.32. The Labute approximate surface area is 62.2 Å². The maximum absolute atomic E-state index is 9.38. The van der Waals surface area contributed by atoms with Gasteiger partial charge in [0.15, 0.2) is 0 Å². The Bertz CT molecular complexity index is 91.3. The summed E-state index contributed by atoms with van der Waals surface area (Å²) in [6.45, 7) is 2.70. The maximum Gasteiger partial charge on any atom is 0.0833 e. The van der Waals surface area contributed by atoms with Crippen molar-refractivity contribution >= 4 is 0 Å². The van der Waals surface area contributed by atoms with Crippen LogP contribution in [0.2, 0.25) is 0 Å². The summed E-state index contributed by atoms with van der Waals surface area (Å²) in [6, 6.07) is 0. The Hall–Kier alpha value is -0.0800. The van der Waals surface area contributed by atoms with Crippen LogP contribution in [0.1, 0.15) is 32.6 Å². The molecule has 0 amide bonds. The van der Waals surface area contributed by atoms with Gasteiger partial charge in [-0.2, -0.15) is 0 Å². The first-order chi connectivity index (χ1) is 4.84. The molecule has 1 aliphatic carbocycles. The SMILES string of the molecule is CCO[C@@H]1CCCC[C@H]1O. The first-order valence-corrected chi connectivity index (χ1v) is 4.14. The average Bonchev–Trinajstić information content (AvgIpc) is 1.94. The van der Waals surface area contributed by atoms with Crippen molar-refractivity contribution in [2.24, 2.45) is 0 Å². The second-order valence-corrected chi connectivity index (χ2v) is 2.85. The number of aliphatic hydroxyl groups is 1. The van der Waals surface area contributed by atoms with Crippen LogP contribution in [0.5, 0.6) is 0 Å². The molecule has 0 bridgehead atoms. The van der Waals surface area contributed by atoms with Crippen LogP contribution < -0.4 is 0 Å². The number of hydrogen-bond acceptors (Lipinski definition) is 2. The van der Waals surface area contributed by atoms with Crippen molar-refractivity contribution in [3.05, 3.63) is 0 Å². The van der Waals surface area contributed by atoms with Crippen molar-refractivity contribution in [2.75, 3.05) is 6.61 Å². The van der Waals surface area contributed by atoms with Gasteiger partial charge in [-0.1, -0.05) is 12.8 Å². The van der Waals surface area contributed by atoms with Crippen LogP contribution in [0, 0.1) is 0 Å². The van der Waals surface area contributed by atoms with E-state index in [1.165, 1.54) is 6.42 Å². The fourth-order valence-electron chi connectivity index (χ4n) is 1.49. The standard InChI is InChI=1S/C8H16O2/c1-2-10-8-6-4-3-5-7(8)9/h7-9H,2-6H2,1H3/t7-,8-/m1/s1. The minimum absolute atomic E-state index is 0.124. The lowest BCUT2D eigenvalue weighted by atomic mass is 9.95. The van der Waals surface area contributed by atoms with Crippen LogP contribution in [0.4, 0.5) is 0 Å². The Balaban J connectivity index is 2.25. The normalized spacial score (nSPS) is 34.2. The molecule has 1 saturated carbocycles. The molecule has 10 heavy (non-hydrogen) atoms. The quantitative estimate of drug-likeness (QED) is 0.633. The second kappa shape index (κ2) is 3.94. The predicted molar refractivity (Wildman–Crippen MR) is 39.9 cm³/mol. The van der Waals surface area contributed by atoms with E-state index >= 15 is 0 Å². The lowest BCUT2D eigenvalue weighted by Gasteiger charge is -2.26. The summed E-state index contributed by atoms with van der Waals surface area (Å²) >= 11 is 0. The van der Waals surface area contributed by atoms with Crippen molar-refractivity contribution in [1.82, 2.24) is 0 Å². The zero-order valence-electron chi connectivity index (χ0n) is 6.55. The third kappa shape index (κ3) is 1.96. The molecule has 0 aromatic rings. The largest absolute Gasteiger partial charge is 0.390 e. The van der Waals surface area contributed by atoms with Crippen molar-refractivity contribution in [2.45, 2.75) is 44.8 Å². The van der Waals surface area contributed by atoms with E-state index in [4.69, 9.17) is 4.74 Å². The van der Waals surface area contributed by atoms with Gasteiger partial charge < -0.3 is 9.84 Å². The number of aliphatic hydroxyl groups excluding tert-OH is 1. The zero-order chi connectivity index (χ0) is 7.40. The second-order valence-electron chi connectivity index (χ2n) is 2.85. The topological polar surface area (TPSA) is 29.5 Å². The van der Waals surface area contributed by atoms with Gasteiger partial charge >= 0.3 is 0 Å². The van der Waals surface area contributed by atoms with E-state index in [0.717, 1.165) is 25.9 Å². The molecule has 0 spiro atoms. The Morgan fingerprint density at radius 2 is 2.10 bits per heavy atom. The van der Waals surface area contributed by atoms with E-state index < -0.39 is 0 Å². The average molecular weight is 144 g/mol. The molecule has 0 saturated heterocycles. The summed E-state index contributed by atoms with van der Waals surface area (Å²) < 4.78 is 5.35. The summed E-state index contributed by atoms with van der Waals surface area (Å²) in [4.78, 5) is 0. The van der Waals surface area contributed by atoms with Crippen molar-refractivity contribution in [3.8, 4) is 0 Å². The van der Waals surface area contributed by atoms with Gasteiger partial charge in [0, 0.05) is 6.61 Å². The van der Waals surface area contributed by atoms with Crippen LogP contribution in [-0.2, 0) is 4.74 Å². The number of hydrogen-bond donors (Lipinski definition) is 1. The van der Waals surface area contributed by atoms with E-state index in [-0.39, 0.29) is 12.2 Å². The molecule has 1 N–H and O–H groups in total. The van der Waals surface area contributed by atoms with Crippen LogP contribution in [0.3, 0.4) is 0 Å².